The maximum absolute atomic E-state index is 12.4. The fraction of sp³-hybridized carbons (Fsp3) is 0.167. The molecule has 0 aromatic heterocycles. The Morgan fingerprint density at radius 2 is 1.50 bits per heavy atom. The van der Waals surface area contributed by atoms with Crippen LogP contribution in [0.5, 0.6) is 0 Å². The van der Waals surface area contributed by atoms with Gasteiger partial charge in [0.25, 0.3) is 0 Å². The molecule has 0 aliphatic carbocycles. The summed E-state index contributed by atoms with van der Waals surface area (Å²) in [6, 6.07) is 8.41. The SMILES string of the molecule is O=S(=O)(c1ccccc1)N(CC=CBr)CC=CBr. The van der Waals surface area contributed by atoms with Crippen LogP contribution in [0, 0.1) is 0 Å². The number of halogens is 2. The minimum absolute atomic E-state index is 0.302. The van der Waals surface area contributed by atoms with E-state index in [4.69, 9.17) is 0 Å². The maximum Gasteiger partial charge on any atom is 0.243 e. The molecule has 6 heteroatoms. The molecule has 3 nitrogen and oxygen atoms in total. The van der Waals surface area contributed by atoms with Gasteiger partial charge < -0.3 is 0 Å². The van der Waals surface area contributed by atoms with Gasteiger partial charge in [-0.25, -0.2) is 8.42 Å². The summed E-state index contributed by atoms with van der Waals surface area (Å²) in [5.41, 5.74) is 0. The van der Waals surface area contributed by atoms with Gasteiger partial charge >= 0.3 is 0 Å². The molecule has 1 rings (SSSR count). The second kappa shape index (κ2) is 7.89. The quantitative estimate of drug-likeness (QED) is 0.740. The highest BCUT2D eigenvalue weighted by atomic mass is 79.9. The van der Waals surface area contributed by atoms with Crippen molar-refractivity contribution in [2.24, 2.45) is 0 Å². The molecule has 0 fully saturated rings. The van der Waals surface area contributed by atoms with Crippen molar-refractivity contribution in [2.45, 2.75) is 4.90 Å². The minimum atomic E-state index is -3.46. The molecule has 0 N–H and O–H groups in total. The number of hydrogen-bond donors (Lipinski definition) is 0. The van der Waals surface area contributed by atoms with Crippen molar-refractivity contribution < 1.29 is 8.42 Å². The average molecular weight is 395 g/mol. The molecule has 1 aromatic rings. The molecule has 0 unspecified atom stereocenters. The van der Waals surface area contributed by atoms with E-state index in [1.165, 1.54) is 4.31 Å². The fourth-order valence-electron chi connectivity index (χ4n) is 1.33. The lowest BCUT2D eigenvalue weighted by Gasteiger charge is -2.18. The van der Waals surface area contributed by atoms with Gasteiger partial charge in [0, 0.05) is 13.1 Å². The Bertz CT molecular complexity index is 498. The van der Waals surface area contributed by atoms with Crippen molar-refractivity contribution in [3.8, 4) is 0 Å². The minimum Gasteiger partial charge on any atom is -0.207 e. The number of rotatable bonds is 6. The molecule has 0 aliphatic rings. The molecule has 18 heavy (non-hydrogen) atoms. The van der Waals surface area contributed by atoms with Crippen LogP contribution in [0.25, 0.3) is 0 Å². The molecule has 0 saturated carbocycles. The number of benzene rings is 1. The molecule has 0 spiro atoms. The van der Waals surface area contributed by atoms with Crippen molar-refractivity contribution in [3.05, 3.63) is 52.5 Å². The first kappa shape index (κ1) is 15.6. The first-order valence-corrected chi connectivity index (χ1v) is 8.45. The van der Waals surface area contributed by atoms with E-state index >= 15 is 0 Å². The molecule has 1 aromatic carbocycles. The summed E-state index contributed by atoms with van der Waals surface area (Å²) in [7, 11) is -3.46. The molecule has 0 aliphatic heterocycles. The third-order valence-corrected chi connectivity index (χ3v) is 4.77. The van der Waals surface area contributed by atoms with Gasteiger partial charge in [0.1, 0.15) is 0 Å². The van der Waals surface area contributed by atoms with E-state index in [2.05, 4.69) is 31.9 Å². The van der Waals surface area contributed by atoms with Crippen LogP contribution in [0.1, 0.15) is 0 Å². The average Bonchev–Trinajstić information content (AvgIpc) is 2.39. The van der Waals surface area contributed by atoms with Crippen molar-refractivity contribution in [1.29, 1.82) is 0 Å². The van der Waals surface area contributed by atoms with Crippen LogP contribution < -0.4 is 0 Å². The summed E-state index contributed by atoms with van der Waals surface area (Å²) < 4.78 is 26.1. The van der Waals surface area contributed by atoms with Crippen LogP contribution >= 0.6 is 31.9 Å². The molecular formula is C12H13Br2NO2S. The van der Waals surface area contributed by atoms with Gasteiger partial charge in [0.2, 0.25) is 10.0 Å². The molecular weight excluding hydrogens is 382 g/mol. The monoisotopic (exact) mass is 393 g/mol. The zero-order valence-corrected chi connectivity index (χ0v) is 13.5. The van der Waals surface area contributed by atoms with Crippen LogP contribution in [0.15, 0.2) is 57.3 Å². The Kier molecular flexibility index (Phi) is 6.85. The zero-order chi connectivity index (χ0) is 13.4. The third kappa shape index (κ3) is 4.35. The maximum atomic E-state index is 12.4. The van der Waals surface area contributed by atoms with E-state index in [-0.39, 0.29) is 0 Å². The van der Waals surface area contributed by atoms with Gasteiger partial charge in [0.05, 0.1) is 4.90 Å². The smallest absolute Gasteiger partial charge is 0.207 e. The lowest BCUT2D eigenvalue weighted by molar-refractivity contribution is 0.474. The Labute approximate surface area is 124 Å². The highest BCUT2D eigenvalue weighted by molar-refractivity contribution is 9.11. The number of nitrogens with zero attached hydrogens (tertiary/aromatic N) is 1. The summed E-state index contributed by atoms with van der Waals surface area (Å²) in [4.78, 5) is 3.60. The van der Waals surface area contributed by atoms with Gasteiger partial charge in [-0.15, -0.1) is 0 Å². The summed E-state index contributed by atoms with van der Waals surface area (Å²) in [5.74, 6) is 0. The second-order valence-electron chi connectivity index (χ2n) is 3.36. The molecule has 0 atom stereocenters. The molecule has 0 saturated heterocycles. The van der Waals surface area contributed by atoms with E-state index in [0.29, 0.717) is 18.0 Å². The molecule has 0 heterocycles. The van der Waals surface area contributed by atoms with Crippen LogP contribution in [0.3, 0.4) is 0 Å². The highest BCUT2D eigenvalue weighted by Crippen LogP contribution is 2.15. The molecule has 0 bridgehead atoms. The van der Waals surface area contributed by atoms with Gasteiger partial charge in [-0.3, -0.25) is 0 Å². The first-order chi connectivity index (χ1) is 8.62. The Morgan fingerprint density at radius 1 is 1.00 bits per heavy atom. The van der Waals surface area contributed by atoms with Crippen LogP contribution in [0.2, 0.25) is 0 Å². The van der Waals surface area contributed by atoms with Gasteiger partial charge in [0.15, 0.2) is 0 Å². The topological polar surface area (TPSA) is 37.4 Å². The predicted molar refractivity (Wildman–Crippen MR) is 81.3 cm³/mol. The molecule has 0 radical (unpaired) electrons. The van der Waals surface area contributed by atoms with E-state index in [9.17, 15) is 8.42 Å². The Balaban J connectivity index is 3.03. The number of hydrogen-bond acceptors (Lipinski definition) is 2. The van der Waals surface area contributed by atoms with Gasteiger partial charge in [-0.05, 0) is 22.1 Å². The second-order valence-corrected chi connectivity index (χ2v) is 6.35. The highest BCUT2D eigenvalue weighted by Gasteiger charge is 2.21. The fourth-order valence-corrected chi connectivity index (χ4v) is 3.03. The lowest BCUT2D eigenvalue weighted by Crippen LogP contribution is -2.31. The Morgan fingerprint density at radius 3 is 1.94 bits per heavy atom. The largest absolute Gasteiger partial charge is 0.243 e. The number of sulfonamides is 1. The lowest BCUT2D eigenvalue weighted by atomic mass is 10.4. The predicted octanol–water partition coefficient (Wildman–Crippen LogP) is 3.49. The van der Waals surface area contributed by atoms with Crippen molar-refractivity contribution in [3.63, 3.8) is 0 Å². The molecule has 98 valence electrons. The van der Waals surface area contributed by atoms with Crippen LogP contribution in [-0.2, 0) is 10.0 Å². The van der Waals surface area contributed by atoms with Crippen molar-refractivity contribution in [1.82, 2.24) is 4.31 Å². The molecule has 0 amide bonds. The summed E-state index contributed by atoms with van der Waals surface area (Å²) in [6.45, 7) is 0.639. The van der Waals surface area contributed by atoms with E-state index in [1.807, 2.05) is 0 Å². The van der Waals surface area contributed by atoms with E-state index in [1.54, 1.807) is 52.5 Å². The zero-order valence-electron chi connectivity index (χ0n) is 9.54. The first-order valence-electron chi connectivity index (χ1n) is 5.18. The van der Waals surface area contributed by atoms with Crippen LogP contribution in [-0.4, -0.2) is 25.8 Å². The van der Waals surface area contributed by atoms with E-state index < -0.39 is 10.0 Å². The standard InChI is InChI=1S/C12H13Br2NO2S/c13-8-4-10-15(11-5-9-14)18(16,17)12-6-2-1-3-7-12/h1-9H,10-11H2. The van der Waals surface area contributed by atoms with E-state index in [0.717, 1.165) is 0 Å². The van der Waals surface area contributed by atoms with Crippen molar-refractivity contribution in [2.75, 3.05) is 13.1 Å². The van der Waals surface area contributed by atoms with Gasteiger partial charge in [-0.2, -0.15) is 4.31 Å². The van der Waals surface area contributed by atoms with Crippen molar-refractivity contribution >= 4 is 41.9 Å². The van der Waals surface area contributed by atoms with Crippen LogP contribution in [0.4, 0.5) is 0 Å². The third-order valence-electron chi connectivity index (χ3n) is 2.18. The normalized spacial score (nSPS) is 12.8. The van der Waals surface area contributed by atoms with Gasteiger partial charge in [-0.1, -0.05) is 62.2 Å². The summed E-state index contributed by atoms with van der Waals surface area (Å²) >= 11 is 6.28. The summed E-state index contributed by atoms with van der Waals surface area (Å²) in [6.07, 6.45) is 3.48. The summed E-state index contributed by atoms with van der Waals surface area (Å²) in [5, 5.41) is 0. The Hall–Kier alpha value is -0.430.